The third-order valence-corrected chi connectivity index (χ3v) is 6.26. The number of para-hydroxylation sites is 1. The summed E-state index contributed by atoms with van der Waals surface area (Å²) in [6, 6.07) is 13.5. The van der Waals surface area contributed by atoms with Crippen LogP contribution in [0.1, 0.15) is 35.2 Å². The lowest BCUT2D eigenvalue weighted by atomic mass is 9.93. The van der Waals surface area contributed by atoms with Crippen molar-refractivity contribution in [2.75, 3.05) is 26.8 Å². The lowest BCUT2D eigenvalue weighted by molar-refractivity contribution is -0.130. The monoisotopic (exact) mass is 437 g/mol. The van der Waals surface area contributed by atoms with Gasteiger partial charge in [0.05, 0.1) is 5.54 Å². The Morgan fingerprint density at radius 1 is 1.19 bits per heavy atom. The summed E-state index contributed by atoms with van der Waals surface area (Å²) in [6.07, 6.45) is 4.29. The van der Waals surface area contributed by atoms with Crippen LogP contribution >= 0.6 is 0 Å². The zero-order valence-electron chi connectivity index (χ0n) is 18.2. The van der Waals surface area contributed by atoms with Crippen LogP contribution in [0, 0.1) is 5.82 Å². The molecule has 2 heterocycles. The molecule has 6 nitrogen and oxygen atoms in total. The molecule has 1 atom stereocenters. The van der Waals surface area contributed by atoms with Gasteiger partial charge in [0.15, 0.2) is 0 Å². The van der Waals surface area contributed by atoms with Crippen LogP contribution in [0.5, 0.6) is 0 Å². The van der Waals surface area contributed by atoms with Crippen molar-refractivity contribution in [3.05, 3.63) is 71.7 Å². The first kappa shape index (κ1) is 22.0. The van der Waals surface area contributed by atoms with Crippen molar-refractivity contribution in [1.82, 2.24) is 15.2 Å². The van der Waals surface area contributed by atoms with Gasteiger partial charge in [-0.1, -0.05) is 18.2 Å². The molecule has 4 rings (SSSR count). The van der Waals surface area contributed by atoms with Crippen LogP contribution in [0.25, 0.3) is 10.9 Å². The van der Waals surface area contributed by atoms with E-state index in [2.05, 4.69) is 16.4 Å². The molecule has 0 spiro atoms. The average molecular weight is 438 g/mol. The topological polar surface area (TPSA) is 74.4 Å². The highest BCUT2D eigenvalue weighted by Gasteiger charge is 2.40. The van der Waals surface area contributed by atoms with Gasteiger partial charge < -0.3 is 19.9 Å². The first-order chi connectivity index (χ1) is 15.5. The van der Waals surface area contributed by atoms with E-state index in [1.54, 1.807) is 7.11 Å². The largest absolute Gasteiger partial charge is 0.385 e. The number of H-pyrrole nitrogens is 1. The molecule has 168 valence electrons. The second-order valence-corrected chi connectivity index (χ2v) is 8.41. The van der Waals surface area contributed by atoms with Crippen molar-refractivity contribution < 1.29 is 18.7 Å². The van der Waals surface area contributed by atoms with Crippen LogP contribution in [-0.4, -0.2) is 54.0 Å². The minimum Gasteiger partial charge on any atom is -0.385 e. The lowest BCUT2D eigenvalue weighted by Crippen LogP contribution is -2.51. The number of hydrogen-bond donors (Lipinski definition) is 2. The van der Waals surface area contributed by atoms with Gasteiger partial charge in [-0.2, -0.15) is 0 Å². The van der Waals surface area contributed by atoms with Gasteiger partial charge in [0.25, 0.3) is 5.91 Å². The Bertz CT molecular complexity index is 1100. The van der Waals surface area contributed by atoms with E-state index in [0.29, 0.717) is 50.9 Å². The summed E-state index contributed by atoms with van der Waals surface area (Å²) in [5, 5.41) is 4.24. The number of nitrogens with one attached hydrogen (secondary N) is 2. The number of halogens is 1. The first-order valence-corrected chi connectivity index (χ1v) is 10.9. The van der Waals surface area contributed by atoms with E-state index in [1.165, 1.54) is 24.3 Å². The Labute approximate surface area is 186 Å². The van der Waals surface area contributed by atoms with Crippen LogP contribution in [-0.2, 0) is 16.0 Å². The van der Waals surface area contributed by atoms with Gasteiger partial charge in [-0.15, -0.1) is 0 Å². The summed E-state index contributed by atoms with van der Waals surface area (Å²) >= 11 is 0. The van der Waals surface area contributed by atoms with Crippen molar-refractivity contribution in [1.29, 1.82) is 0 Å². The van der Waals surface area contributed by atoms with Crippen molar-refractivity contribution in [3.63, 3.8) is 0 Å². The molecule has 0 saturated carbocycles. The predicted octanol–water partition coefficient (Wildman–Crippen LogP) is 3.68. The molecular formula is C25H28FN3O3. The number of hydrogen-bond acceptors (Lipinski definition) is 3. The normalized spacial score (nSPS) is 18.2. The smallest absolute Gasteiger partial charge is 0.251 e. The Balaban J connectivity index is 1.40. The molecule has 0 bridgehead atoms. The van der Waals surface area contributed by atoms with Crippen molar-refractivity contribution in [2.45, 2.75) is 31.2 Å². The predicted molar refractivity (Wildman–Crippen MR) is 121 cm³/mol. The number of rotatable bonds is 8. The Morgan fingerprint density at radius 2 is 1.97 bits per heavy atom. The number of ether oxygens (including phenoxy) is 1. The molecule has 0 aliphatic carbocycles. The number of amides is 2. The van der Waals surface area contributed by atoms with E-state index >= 15 is 0 Å². The molecule has 1 aliphatic rings. The highest BCUT2D eigenvalue weighted by atomic mass is 19.1. The second-order valence-electron chi connectivity index (χ2n) is 8.41. The van der Waals surface area contributed by atoms with Gasteiger partial charge in [-0.25, -0.2) is 4.39 Å². The molecule has 1 aliphatic heterocycles. The number of fused-ring (bicyclic) bond motifs is 1. The second kappa shape index (κ2) is 9.53. The van der Waals surface area contributed by atoms with E-state index in [-0.39, 0.29) is 17.6 Å². The zero-order chi connectivity index (χ0) is 22.6. The number of nitrogens with zero attached hydrogens (tertiary/aromatic N) is 1. The number of aromatic amines is 1. The van der Waals surface area contributed by atoms with Gasteiger partial charge in [0.1, 0.15) is 5.82 Å². The minimum atomic E-state index is -0.558. The summed E-state index contributed by atoms with van der Waals surface area (Å²) in [6.45, 7) is 1.50. The van der Waals surface area contributed by atoms with E-state index in [1.807, 2.05) is 29.3 Å². The molecule has 2 aromatic carbocycles. The van der Waals surface area contributed by atoms with Crippen molar-refractivity contribution >= 4 is 22.7 Å². The summed E-state index contributed by atoms with van der Waals surface area (Å²) < 4.78 is 18.5. The summed E-state index contributed by atoms with van der Waals surface area (Å²) in [5.41, 5.74) is 2.03. The third kappa shape index (κ3) is 4.83. The third-order valence-electron chi connectivity index (χ3n) is 6.26. The van der Waals surface area contributed by atoms with Crippen molar-refractivity contribution in [2.24, 2.45) is 0 Å². The van der Waals surface area contributed by atoms with E-state index in [0.717, 1.165) is 16.5 Å². The summed E-state index contributed by atoms with van der Waals surface area (Å²) in [7, 11) is 1.62. The van der Waals surface area contributed by atoms with Crippen LogP contribution in [0.4, 0.5) is 4.39 Å². The number of aryl methyl sites for hydroxylation is 1. The van der Waals surface area contributed by atoms with E-state index in [9.17, 15) is 14.0 Å². The fourth-order valence-corrected chi connectivity index (χ4v) is 4.40. The van der Waals surface area contributed by atoms with Crippen LogP contribution in [0.2, 0.25) is 0 Å². The van der Waals surface area contributed by atoms with Crippen LogP contribution < -0.4 is 5.32 Å². The minimum absolute atomic E-state index is 0.0746. The maximum absolute atomic E-state index is 13.2. The number of aromatic nitrogens is 1. The molecule has 1 saturated heterocycles. The summed E-state index contributed by atoms with van der Waals surface area (Å²) in [5.74, 6) is -0.580. The van der Waals surface area contributed by atoms with Gasteiger partial charge in [-0.05, 0) is 55.2 Å². The Morgan fingerprint density at radius 3 is 2.75 bits per heavy atom. The highest BCUT2D eigenvalue weighted by Crippen LogP contribution is 2.27. The standard InChI is InChI=1S/C25H28FN3O3/c1-32-15-13-25(28-24(31)18-6-9-20(26)10-7-18)12-14-29(17-25)23(30)11-8-19-16-27-22-5-3-2-4-21(19)22/h2-7,9-10,16,27H,8,11-15,17H2,1H3,(H,28,31). The average Bonchev–Trinajstić information content (AvgIpc) is 3.41. The van der Waals surface area contributed by atoms with Gasteiger partial charge >= 0.3 is 0 Å². The number of likely N-dealkylation sites (tertiary alicyclic amines) is 1. The Hall–Kier alpha value is -3.19. The molecule has 1 unspecified atom stereocenters. The molecule has 7 heteroatoms. The molecule has 32 heavy (non-hydrogen) atoms. The summed E-state index contributed by atoms with van der Waals surface area (Å²) in [4.78, 5) is 30.8. The maximum atomic E-state index is 13.2. The van der Waals surface area contributed by atoms with Crippen molar-refractivity contribution in [3.8, 4) is 0 Å². The maximum Gasteiger partial charge on any atom is 0.251 e. The molecule has 0 radical (unpaired) electrons. The zero-order valence-corrected chi connectivity index (χ0v) is 18.2. The quantitative estimate of drug-likeness (QED) is 0.565. The van der Waals surface area contributed by atoms with Gasteiger partial charge in [0.2, 0.25) is 5.91 Å². The SMILES string of the molecule is COCCC1(NC(=O)c2ccc(F)cc2)CCN(C(=O)CCc2c[nH]c3ccccc23)C1. The lowest BCUT2D eigenvalue weighted by Gasteiger charge is -2.30. The number of methoxy groups -OCH3 is 1. The molecular weight excluding hydrogens is 409 g/mol. The van der Waals surface area contributed by atoms with E-state index < -0.39 is 5.54 Å². The molecule has 3 aromatic rings. The number of carbonyl (C=O) groups excluding carboxylic acids is 2. The first-order valence-electron chi connectivity index (χ1n) is 10.9. The molecule has 2 amide bonds. The fraction of sp³-hybridized carbons (Fsp3) is 0.360. The van der Waals surface area contributed by atoms with Gasteiger partial charge in [-0.3, -0.25) is 9.59 Å². The van der Waals surface area contributed by atoms with Crippen LogP contribution in [0.15, 0.2) is 54.7 Å². The highest BCUT2D eigenvalue weighted by molar-refractivity contribution is 5.94. The van der Waals surface area contributed by atoms with Crippen LogP contribution in [0.3, 0.4) is 0 Å². The fourth-order valence-electron chi connectivity index (χ4n) is 4.40. The van der Waals surface area contributed by atoms with Gasteiger partial charge in [0, 0.05) is 55.9 Å². The molecule has 2 N–H and O–H groups in total. The number of benzene rings is 2. The molecule has 1 aromatic heterocycles. The van der Waals surface area contributed by atoms with E-state index in [4.69, 9.17) is 4.74 Å². The molecule has 1 fully saturated rings. The number of carbonyl (C=O) groups is 2. The Kier molecular flexibility index (Phi) is 6.55.